The minimum atomic E-state index is 0. The predicted octanol–water partition coefficient (Wildman–Crippen LogP) is 2.15. The molecule has 0 rings (SSSR count). The molecule has 0 radical (unpaired) electrons. The Kier molecular flexibility index (Phi) is 19.5. The number of hydrogen-bond acceptors (Lipinski definition) is 1. The van der Waals surface area contributed by atoms with E-state index in [4.69, 9.17) is 5.11 Å². The van der Waals surface area contributed by atoms with Crippen LogP contribution in [0.3, 0.4) is 0 Å². The number of nitrogens with zero attached hydrogens (tertiary/aromatic N) is 1. The SMILES string of the molecule is CCCCCCCC[N+](C)(CCCO)CCCCCCC.[Cl-]. The summed E-state index contributed by atoms with van der Waals surface area (Å²) in [5.74, 6) is 0. The Morgan fingerprint density at radius 3 is 1.36 bits per heavy atom. The van der Waals surface area contributed by atoms with E-state index in [1.165, 1.54) is 88.2 Å². The van der Waals surface area contributed by atoms with Crippen LogP contribution >= 0.6 is 0 Å². The average molecular weight is 336 g/mol. The second kappa shape index (κ2) is 17.6. The standard InChI is InChI=1S/C19H42NO.ClH/c1-4-6-8-10-12-14-17-20(3,18-15-19-21)16-13-11-9-7-5-2;/h21H,4-19H2,1-3H3;1H/q+1;/p-1. The van der Waals surface area contributed by atoms with Crippen LogP contribution in [0, 0.1) is 0 Å². The highest BCUT2D eigenvalue weighted by Crippen LogP contribution is 2.14. The summed E-state index contributed by atoms with van der Waals surface area (Å²) in [5.41, 5.74) is 0. The van der Waals surface area contributed by atoms with Crippen molar-refractivity contribution in [3.63, 3.8) is 0 Å². The molecule has 0 saturated carbocycles. The Balaban J connectivity index is 0. The van der Waals surface area contributed by atoms with Gasteiger partial charge in [0, 0.05) is 13.0 Å². The maximum absolute atomic E-state index is 9.13. The number of hydrogen-bond donors (Lipinski definition) is 1. The number of aliphatic hydroxyl groups excluding tert-OH is 1. The topological polar surface area (TPSA) is 20.2 Å². The van der Waals surface area contributed by atoms with Gasteiger partial charge < -0.3 is 22.0 Å². The van der Waals surface area contributed by atoms with Crippen LogP contribution in [-0.4, -0.2) is 42.9 Å². The van der Waals surface area contributed by atoms with Crippen molar-refractivity contribution in [1.29, 1.82) is 0 Å². The molecule has 136 valence electrons. The van der Waals surface area contributed by atoms with Gasteiger partial charge in [0.2, 0.25) is 0 Å². The Morgan fingerprint density at radius 2 is 0.955 bits per heavy atom. The highest BCUT2D eigenvalue weighted by Gasteiger charge is 2.19. The number of rotatable bonds is 16. The third-order valence-corrected chi connectivity index (χ3v) is 4.71. The van der Waals surface area contributed by atoms with Crippen molar-refractivity contribution in [2.75, 3.05) is 33.3 Å². The van der Waals surface area contributed by atoms with Gasteiger partial charge in [-0.25, -0.2) is 0 Å². The van der Waals surface area contributed by atoms with Gasteiger partial charge in [-0.2, -0.15) is 0 Å². The zero-order valence-corrected chi connectivity index (χ0v) is 16.3. The molecule has 0 aliphatic rings. The number of unbranched alkanes of at least 4 members (excludes halogenated alkanes) is 9. The van der Waals surface area contributed by atoms with Gasteiger partial charge in [-0.15, -0.1) is 0 Å². The lowest BCUT2D eigenvalue weighted by Crippen LogP contribution is -3.00. The Morgan fingerprint density at radius 1 is 0.591 bits per heavy atom. The average Bonchev–Trinajstić information content (AvgIpc) is 2.49. The van der Waals surface area contributed by atoms with Crippen LogP contribution in [-0.2, 0) is 0 Å². The first-order valence-electron chi connectivity index (χ1n) is 9.63. The summed E-state index contributed by atoms with van der Waals surface area (Å²) in [6, 6.07) is 0. The minimum Gasteiger partial charge on any atom is -1.00 e. The molecule has 1 unspecified atom stereocenters. The molecule has 1 atom stereocenters. The van der Waals surface area contributed by atoms with Crippen molar-refractivity contribution in [2.24, 2.45) is 0 Å². The molecule has 0 aromatic heterocycles. The second-order valence-corrected chi connectivity index (χ2v) is 7.05. The van der Waals surface area contributed by atoms with E-state index < -0.39 is 0 Å². The molecule has 0 saturated heterocycles. The van der Waals surface area contributed by atoms with Gasteiger partial charge >= 0.3 is 0 Å². The first-order valence-corrected chi connectivity index (χ1v) is 9.63. The molecule has 0 aromatic rings. The van der Waals surface area contributed by atoms with Crippen LogP contribution in [0.15, 0.2) is 0 Å². The van der Waals surface area contributed by atoms with Crippen molar-refractivity contribution in [3.05, 3.63) is 0 Å². The van der Waals surface area contributed by atoms with E-state index in [0.717, 1.165) is 13.0 Å². The number of halogens is 1. The summed E-state index contributed by atoms with van der Waals surface area (Å²) in [6.45, 7) is 8.67. The lowest BCUT2D eigenvalue weighted by molar-refractivity contribution is -0.910. The molecule has 0 aliphatic heterocycles. The zero-order chi connectivity index (χ0) is 15.8. The molecule has 0 bridgehead atoms. The lowest BCUT2D eigenvalue weighted by Gasteiger charge is -2.35. The second-order valence-electron chi connectivity index (χ2n) is 7.05. The molecule has 0 heterocycles. The summed E-state index contributed by atoms with van der Waals surface area (Å²) >= 11 is 0. The predicted molar refractivity (Wildman–Crippen MR) is 94.6 cm³/mol. The fraction of sp³-hybridized carbons (Fsp3) is 1.00. The summed E-state index contributed by atoms with van der Waals surface area (Å²) in [6.07, 6.45) is 16.1. The number of aliphatic hydroxyl groups is 1. The smallest absolute Gasteiger partial charge is 0.0806 e. The molecule has 22 heavy (non-hydrogen) atoms. The summed E-state index contributed by atoms with van der Waals surface area (Å²) in [5, 5.41) is 9.13. The monoisotopic (exact) mass is 335 g/mol. The maximum atomic E-state index is 9.13. The largest absolute Gasteiger partial charge is 1.00 e. The summed E-state index contributed by atoms with van der Waals surface area (Å²) in [4.78, 5) is 0. The molecular weight excluding hydrogens is 294 g/mol. The summed E-state index contributed by atoms with van der Waals surface area (Å²) in [7, 11) is 2.40. The van der Waals surface area contributed by atoms with Gasteiger partial charge in [-0.1, -0.05) is 58.8 Å². The van der Waals surface area contributed by atoms with Crippen molar-refractivity contribution in [3.8, 4) is 0 Å². The quantitative estimate of drug-likeness (QED) is 0.338. The molecular formula is C19H42ClNO. The first-order chi connectivity index (χ1) is 10.2. The van der Waals surface area contributed by atoms with E-state index in [0.29, 0.717) is 6.61 Å². The van der Waals surface area contributed by atoms with Gasteiger partial charge in [0.15, 0.2) is 0 Å². The van der Waals surface area contributed by atoms with Crippen LogP contribution in [0.2, 0.25) is 0 Å². The van der Waals surface area contributed by atoms with Crippen molar-refractivity contribution >= 4 is 0 Å². The molecule has 0 spiro atoms. The molecule has 2 nitrogen and oxygen atoms in total. The van der Waals surface area contributed by atoms with Gasteiger partial charge in [0.25, 0.3) is 0 Å². The van der Waals surface area contributed by atoms with E-state index in [1.54, 1.807) is 0 Å². The van der Waals surface area contributed by atoms with Crippen LogP contribution < -0.4 is 12.4 Å². The fourth-order valence-electron chi connectivity index (χ4n) is 3.16. The van der Waals surface area contributed by atoms with Crippen LogP contribution in [0.4, 0.5) is 0 Å². The van der Waals surface area contributed by atoms with Gasteiger partial charge in [0.05, 0.1) is 26.7 Å². The molecule has 0 fully saturated rings. The van der Waals surface area contributed by atoms with Gasteiger partial charge in [-0.3, -0.25) is 0 Å². The van der Waals surface area contributed by atoms with Crippen molar-refractivity contribution in [1.82, 2.24) is 0 Å². The number of quaternary nitrogens is 1. The van der Waals surface area contributed by atoms with Crippen molar-refractivity contribution in [2.45, 2.75) is 90.9 Å². The maximum Gasteiger partial charge on any atom is 0.0806 e. The third kappa shape index (κ3) is 15.1. The zero-order valence-electron chi connectivity index (χ0n) is 15.6. The van der Waals surface area contributed by atoms with E-state index in [-0.39, 0.29) is 12.4 Å². The highest BCUT2D eigenvalue weighted by molar-refractivity contribution is 4.49. The van der Waals surface area contributed by atoms with E-state index in [9.17, 15) is 0 Å². The molecule has 1 N–H and O–H groups in total. The summed E-state index contributed by atoms with van der Waals surface area (Å²) < 4.78 is 1.18. The van der Waals surface area contributed by atoms with Crippen LogP contribution in [0.5, 0.6) is 0 Å². The molecule has 0 aliphatic carbocycles. The normalized spacial score (nSPS) is 13.6. The minimum absolute atomic E-state index is 0. The van der Waals surface area contributed by atoms with Crippen LogP contribution in [0.25, 0.3) is 0 Å². The van der Waals surface area contributed by atoms with E-state index in [2.05, 4.69) is 20.9 Å². The Bertz CT molecular complexity index is 214. The first kappa shape index (κ1) is 24.5. The Labute approximate surface area is 146 Å². The van der Waals surface area contributed by atoms with E-state index >= 15 is 0 Å². The highest BCUT2D eigenvalue weighted by atomic mass is 35.5. The third-order valence-electron chi connectivity index (χ3n) is 4.71. The van der Waals surface area contributed by atoms with E-state index in [1.807, 2.05) is 0 Å². The van der Waals surface area contributed by atoms with Crippen LogP contribution in [0.1, 0.15) is 90.9 Å². The molecule has 3 heteroatoms. The van der Waals surface area contributed by atoms with Crippen molar-refractivity contribution < 1.29 is 22.0 Å². The fourth-order valence-corrected chi connectivity index (χ4v) is 3.16. The lowest BCUT2D eigenvalue weighted by atomic mass is 10.1. The molecule has 0 amide bonds. The molecule has 0 aromatic carbocycles. The van der Waals surface area contributed by atoms with Gasteiger partial charge in [0.1, 0.15) is 0 Å². The Hall–Kier alpha value is 0.210. The van der Waals surface area contributed by atoms with Gasteiger partial charge in [-0.05, 0) is 25.7 Å².